The summed E-state index contributed by atoms with van der Waals surface area (Å²) in [6.45, 7) is 4.19. The Morgan fingerprint density at radius 2 is 1.94 bits per heavy atom. The fourth-order valence-electron chi connectivity index (χ4n) is 2.54. The van der Waals surface area contributed by atoms with Crippen LogP contribution in [0.5, 0.6) is 0 Å². The van der Waals surface area contributed by atoms with Gasteiger partial charge in [0.2, 0.25) is 0 Å². The molecule has 0 aromatic carbocycles. The van der Waals surface area contributed by atoms with E-state index in [9.17, 15) is 9.59 Å². The van der Waals surface area contributed by atoms with Gasteiger partial charge in [-0.2, -0.15) is 0 Å². The topological polar surface area (TPSA) is 55.4 Å². The third-order valence-corrected chi connectivity index (χ3v) is 4.05. The molecule has 0 unspecified atom stereocenters. The number of Topliss-reactive ketones (excluding diaryl/α,β-unsaturated/α-hetero) is 1. The van der Waals surface area contributed by atoms with Crippen molar-refractivity contribution in [3.63, 3.8) is 0 Å². The summed E-state index contributed by atoms with van der Waals surface area (Å²) >= 11 is 5.66. The van der Waals surface area contributed by atoms with Gasteiger partial charge in [0.1, 0.15) is 5.54 Å². The molecule has 0 bridgehead atoms. The summed E-state index contributed by atoms with van der Waals surface area (Å²) in [7, 11) is 0. The number of rotatable bonds is 5. The van der Waals surface area contributed by atoms with Crippen LogP contribution >= 0.6 is 11.6 Å². The fourth-order valence-corrected chi connectivity index (χ4v) is 2.80. The lowest BCUT2D eigenvalue weighted by Crippen LogP contribution is -2.57. The van der Waals surface area contributed by atoms with Gasteiger partial charge < -0.3 is 10.1 Å². The number of alkyl halides is 1. The van der Waals surface area contributed by atoms with E-state index in [0.717, 1.165) is 19.3 Å². The third-order valence-electron chi connectivity index (χ3n) is 3.81. The number of carbonyl (C=O) groups is 2. The van der Waals surface area contributed by atoms with Gasteiger partial charge in [-0.15, -0.1) is 11.6 Å². The molecule has 5 heteroatoms. The smallest absolute Gasteiger partial charge is 0.407 e. The lowest BCUT2D eigenvalue weighted by atomic mass is 9.73. The van der Waals surface area contributed by atoms with Gasteiger partial charge in [-0.25, -0.2) is 4.79 Å². The summed E-state index contributed by atoms with van der Waals surface area (Å²) in [6.07, 6.45) is 3.82. The maximum absolute atomic E-state index is 12.0. The Hall–Kier alpha value is -0.770. The summed E-state index contributed by atoms with van der Waals surface area (Å²) < 4.78 is 4.87. The lowest BCUT2D eigenvalue weighted by Gasteiger charge is -2.38. The number of ether oxygens (including phenoxy) is 1. The van der Waals surface area contributed by atoms with Crippen LogP contribution < -0.4 is 5.32 Å². The Morgan fingerprint density at radius 3 is 2.39 bits per heavy atom. The first-order valence-corrected chi connectivity index (χ1v) is 7.15. The van der Waals surface area contributed by atoms with E-state index in [2.05, 4.69) is 12.2 Å². The standard InChI is InChI=1S/C13H22ClNO3/c1-3-10-5-7-13(8-6-10,11(16)9-14)15-12(17)18-4-2/h10H,3-9H2,1-2H3,(H,15,17). The molecule has 0 aromatic heterocycles. The third kappa shape index (κ3) is 3.61. The predicted molar refractivity (Wildman–Crippen MR) is 70.9 cm³/mol. The molecule has 0 radical (unpaired) electrons. The molecule has 1 aliphatic carbocycles. The molecule has 1 saturated carbocycles. The van der Waals surface area contributed by atoms with E-state index in [1.54, 1.807) is 6.92 Å². The Kier molecular flexibility index (Phi) is 5.93. The van der Waals surface area contributed by atoms with Crippen LogP contribution in [-0.2, 0) is 9.53 Å². The van der Waals surface area contributed by atoms with E-state index in [1.165, 1.54) is 0 Å². The molecule has 0 atom stereocenters. The minimum absolute atomic E-state index is 0.0663. The normalized spacial score (nSPS) is 27.6. The van der Waals surface area contributed by atoms with E-state index < -0.39 is 11.6 Å². The molecule has 1 N–H and O–H groups in total. The minimum Gasteiger partial charge on any atom is -0.450 e. The van der Waals surface area contributed by atoms with Crippen LogP contribution in [0.2, 0.25) is 0 Å². The van der Waals surface area contributed by atoms with Crippen molar-refractivity contribution >= 4 is 23.5 Å². The summed E-state index contributed by atoms with van der Waals surface area (Å²) in [5.74, 6) is 0.473. The second kappa shape index (κ2) is 6.98. The van der Waals surface area contributed by atoms with Crippen LogP contribution in [0, 0.1) is 5.92 Å². The minimum atomic E-state index is -0.806. The second-order valence-corrected chi connectivity index (χ2v) is 5.10. The monoisotopic (exact) mass is 275 g/mol. The van der Waals surface area contributed by atoms with Gasteiger partial charge in [-0.3, -0.25) is 4.79 Å². The SMILES string of the molecule is CCOC(=O)NC1(C(=O)CCl)CCC(CC)CC1. The van der Waals surface area contributed by atoms with Crippen molar-refractivity contribution in [2.75, 3.05) is 12.5 Å². The molecule has 4 nitrogen and oxygen atoms in total. The number of amides is 1. The highest BCUT2D eigenvalue weighted by molar-refractivity contribution is 6.29. The summed E-state index contributed by atoms with van der Waals surface area (Å²) in [6, 6.07) is 0. The first-order chi connectivity index (χ1) is 8.57. The zero-order chi connectivity index (χ0) is 13.6. The van der Waals surface area contributed by atoms with Crippen LogP contribution in [-0.4, -0.2) is 29.9 Å². The molecule has 0 aliphatic heterocycles. The number of ketones is 1. The zero-order valence-electron chi connectivity index (χ0n) is 11.1. The molecule has 0 spiro atoms. The quantitative estimate of drug-likeness (QED) is 0.785. The summed E-state index contributed by atoms with van der Waals surface area (Å²) in [5.41, 5.74) is -0.806. The Bertz CT molecular complexity index is 299. The first-order valence-electron chi connectivity index (χ1n) is 6.62. The van der Waals surface area contributed by atoms with Gasteiger partial charge in [-0.1, -0.05) is 13.3 Å². The van der Waals surface area contributed by atoms with Gasteiger partial charge in [0, 0.05) is 0 Å². The summed E-state index contributed by atoms with van der Waals surface area (Å²) in [5, 5.41) is 2.73. The number of nitrogens with one attached hydrogen (secondary N) is 1. The first kappa shape index (κ1) is 15.3. The molecule has 1 aliphatic rings. The Balaban J connectivity index is 2.72. The largest absolute Gasteiger partial charge is 0.450 e. The van der Waals surface area contributed by atoms with Crippen molar-refractivity contribution in [1.82, 2.24) is 5.32 Å². The average Bonchev–Trinajstić information content (AvgIpc) is 2.38. The Labute approximate surface area is 113 Å². The second-order valence-electron chi connectivity index (χ2n) is 4.84. The molecule has 18 heavy (non-hydrogen) atoms. The highest BCUT2D eigenvalue weighted by Gasteiger charge is 2.42. The van der Waals surface area contributed by atoms with Crippen LogP contribution in [0.4, 0.5) is 4.79 Å². The maximum atomic E-state index is 12.0. The highest BCUT2D eigenvalue weighted by Crippen LogP contribution is 2.34. The molecule has 104 valence electrons. The molecule has 0 heterocycles. The van der Waals surface area contributed by atoms with Crippen molar-refractivity contribution in [2.24, 2.45) is 5.92 Å². The van der Waals surface area contributed by atoms with Crippen LogP contribution in [0.15, 0.2) is 0 Å². The number of hydrogen-bond acceptors (Lipinski definition) is 3. The van der Waals surface area contributed by atoms with Crippen LogP contribution in [0.1, 0.15) is 46.0 Å². The van der Waals surface area contributed by atoms with Crippen molar-refractivity contribution in [3.8, 4) is 0 Å². The average molecular weight is 276 g/mol. The van der Waals surface area contributed by atoms with Gasteiger partial charge in [0.05, 0.1) is 12.5 Å². The van der Waals surface area contributed by atoms with Gasteiger partial charge in [0.25, 0.3) is 0 Å². The van der Waals surface area contributed by atoms with Gasteiger partial charge in [0.15, 0.2) is 5.78 Å². The zero-order valence-corrected chi connectivity index (χ0v) is 11.9. The van der Waals surface area contributed by atoms with Crippen molar-refractivity contribution in [3.05, 3.63) is 0 Å². The summed E-state index contributed by atoms with van der Waals surface area (Å²) in [4.78, 5) is 23.6. The van der Waals surface area contributed by atoms with E-state index in [-0.39, 0.29) is 11.7 Å². The van der Waals surface area contributed by atoms with Crippen molar-refractivity contribution < 1.29 is 14.3 Å². The van der Waals surface area contributed by atoms with E-state index in [4.69, 9.17) is 16.3 Å². The number of hydrogen-bond donors (Lipinski definition) is 1. The van der Waals surface area contributed by atoms with Gasteiger partial charge in [-0.05, 0) is 38.5 Å². The highest BCUT2D eigenvalue weighted by atomic mass is 35.5. The molecular formula is C13H22ClNO3. The van der Waals surface area contributed by atoms with Crippen LogP contribution in [0.25, 0.3) is 0 Å². The molecule has 1 rings (SSSR count). The number of alkyl carbamates (subject to hydrolysis) is 1. The molecule has 0 aromatic rings. The van der Waals surface area contributed by atoms with Gasteiger partial charge >= 0.3 is 6.09 Å². The van der Waals surface area contributed by atoms with Crippen LogP contribution in [0.3, 0.4) is 0 Å². The van der Waals surface area contributed by atoms with E-state index >= 15 is 0 Å². The van der Waals surface area contributed by atoms with E-state index in [0.29, 0.717) is 25.4 Å². The predicted octanol–water partition coefficient (Wildman–Crippen LogP) is 2.88. The fraction of sp³-hybridized carbons (Fsp3) is 0.846. The van der Waals surface area contributed by atoms with Crippen molar-refractivity contribution in [2.45, 2.75) is 51.5 Å². The van der Waals surface area contributed by atoms with E-state index in [1.807, 2.05) is 0 Å². The maximum Gasteiger partial charge on any atom is 0.407 e. The molecule has 1 fully saturated rings. The Morgan fingerprint density at radius 1 is 1.33 bits per heavy atom. The molecule has 0 saturated heterocycles. The molecule has 1 amide bonds. The number of carbonyl (C=O) groups excluding carboxylic acids is 2. The molecular weight excluding hydrogens is 254 g/mol. The van der Waals surface area contributed by atoms with Crippen molar-refractivity contribution in [1.29, 1.82) is 0 Å². The number of halogens is 1. The lowest BCUT2D eigenvalue weighted by molar-refractivity contribution is -0.124.